The van der Waals surface area contributed by atoms with E-state index in [4.69, 9.17) is 9.47 Å². The number of hydrogen-bond acceptors (Lipinski definition) is 5. The number of hydrogen-bond donors (Lipinski definition) is 3. The van der Waals surface area contributed by atoms with Gasteiger partial charge in [0, 0.05) is 32.2 Å². The fourth-order valence-corrected chi connectivity index (χ4v) is 3.02. The summed E-state index contributed by atoms with van der Waals surface area (Å²) in [5.41, 5.74) is -0.132. The van der Waals surface area contributed by atoms with Crippen molar-refractivity contribution in [1.29, 1.82) is 0 Å². The van der Waals surface area contributed by atoms with E-state index in [1.54, 1.807) is 7.11 Å². The Kier molecular flexibility index (Phi) is 6.20. The van der Waals surface area contributed by atoms with Crippen molar-refractivity contribution in [2.24, 2.45) is 17.3 Å². The molecular formula is C14H28O5. The van der Waals surface area contributed by atoms with Crippen LogP contribution in [-0.4, -0.2) is 60.6 Å². The average Bonchev–Trinajstić information content (AvgIpc) is 2.44. The molecule has 0 amide bonds. The molecule has 0 aliphatic carbocycles. The van der Waals surface area contributed by atoms with E-state index in [9.17, 15) is 15.3 Å². The van der Waals surface area contributed by atoms with E-state index in [2.05, 4.69) is 20.8 Å². The van der Waals surface area contributed by atoms with E-state index in [1.807, 2.05) is 0 Å². The van der Waals surface area contributed by atoms with Gasteiger partial charge in [-0.2, -0.15) is 0 Å². The molecule has 1 aliphatic rings. The molecule has 5 nitrogen and oxygen atoms in total. The highest BCUT2D eigenvalue weighted by atomic mass is 16.6. The van der Waals surface area contributed by atoms with Crippen molar-refractivity contribution in [3.8, 4) is 0 Å². The maximum absolute atomic E-state index is 9.68. The van der Waals surface area contributed by atoms with E-state index in [0.717, 1.165) is 6.42 Å². The zero-order valence-corrected chi connectivity index (χ0v) is 12.4. The Morgan fingerprint density at radius 1 is 1.05 bits per heavy atom. The molecule has 1 saturated heterocycles. The summed E-state index contributed by atoms with van der Waals surface area (Å²) in [5.74, 6) is -0.413. The first kappa shape index (κ1) is 16.9. The normalized spacial score (nSPS) is 36.5. The SMILES string of the molecule is CCC(C)(C)C1OC(CO)C(OC)C(CO)C1CO. The van der Waals surface area contributed by atoms with Crippen LogP contribution in [0.4, 0.5) is 0 Å². The third-order valence-electron chi connectivity index (χ3n) is 4.60. The van der Waals surface area contributed by atoms with Gasteiger partial charge in [-0.1, -0.05) is 20.8 Å². The molecular weight excluding hydrogens is 248 g/mol. The van der Waals surface area contributed by atoms with E-state index in [1.165, 1.54) is 0 Å². The third-order valence-corrected chi connectivity index (χ3v) is 4.60. The van der Waals surface area contributed by atoms with Crippen LogP contribution in [0.15, 0.2) is 0 Å². The highest BCUT2D eigenvalue weighted by molar-refractivity contribution is 4.97. The maximum Gasteiger partial charge on any atom is 0.107 e. The van der Waals surface area contributed by atoms with E-state index < -0.39 is 12.2 Å². The van der Waals surface area contributed by atoms with Crippen molar-refractivity contribution in [3.63, 3.8) is 0 Å². The van der Waals surface area contributed by atoms with Gasteiger partial charge in [-0.3, -0.25) is 0 Å². The van der Waals surface area contributed by atoms with Crippen LogP contribution in [-0.2, 0) is 9.47 Å². The van der Waals surface area contributed by atoms with Gasteiger partial charge in [0.25, 0.3) is 0 Å². The molecule has 1 heterocycles. The molecule has 5 unspecified atom stereocenters. The first-order valence-electron chi connectivity index (χ1n) is 6.97. The predicted octanol–water partition coefficient (Wildman–Crippen LogP) is 0.414. The number of aliphatic hydroxyl groups is 3. The Bertz CT molecular complexity index is 269. The Balaban J connectivity index is 3.05. The summed E-state index contributed by atoms with van der Waals surface area (Å²) < 4.78 is 11.4. The van der Waals surface area contributed by atoms with Gasteiger partial charge in [-0.25, -0.2) is 0 Å². The Hall–Kier alpha value is -0.200. The quantitative estimate of drug-likeness (QED) is 0.655. The molecule has 1 aliphatic heterocycles. The Morgan fingerprint density at radius 2 is 1.63 bits per heavy atom. The fourth-order valence-electron chi connectivity index (χ4n) is 3.02. The minimum atomic E-state index is -0.458. The van der Waals surface area contributed by atoms with Crippen molar-refractivity contribution in [2.75, 3.05) is 26.9 Å². The molecule has 0 aromatic heterocycles. The highest BCUT2D eigenvalue weighted by Gasteiger charge is 2.49. The molecule has 114 valence electrons. The van der Waals surface area contributed by atoms with E-state index >= 15 is 0 Å². The van der Waals surface area contributed by atoms with Crippen LogP contribution in [0.5, 0.6) is 0 Å². The minimum absolute atomic E-state index is 0.0582. The molecule has 0 radical (unpaired) electrons. The molecule has 1 rings (SSSR count). The van der Waals surface area contributed by atoms with Gasteiger partial charge in [0.2, 0.25) is 0 Å². The third kappa shape index (κ3) is 3.28. The number of methoxy groups -OCH3 is 1. The largest absolute Gasteiger partial charge is 0.396 e. The second kappa shape index (κ2) is 6.99. The van der Waals surface area contributed by atoms with Crippen molar-refractivity contribution in [1.82, 2.24) is 0 Å². The van der Waals surface area contributed by atoms with Gasteiger partial charge in [0.1, 0.15) is 6.10 Å². The average molecular weight is 276 g/mol. The topological polar surface area (TPSA) is 79.2 Å². The van der Waals surface area contributed by atoms with Crippen LogP contribution in [0, 0.1) is 17.3 Å². The van der Waals surface area contributed by atoms with Crippen LogP contribution in [0.3, 0.4) is 0 Å². The molecule has 0 bridgehead atoms. The van der Waals surface area contributed by atoms with Crippen LogP contribution in [0.25, 0.3) is 0 Å². The molecule has 1 fully saturated rings. The summed E-state index contributed by atoms with van der Waals surface area (Å²) in [5, 5.41) is 28.8. The standard InChI is InChI=1S/C14H28O5/c1-5-14(2,3)13-10(7-16)9(6-15)12(18-4)11(8-17)19-13/h9-13,15-17H,5-8H2,1-4H3. The van der Waals surface area contributed by atoms with Crippen LogP contribution in [0.1, 0.15) is 27.2 Å². The molecule has 19 heavy (non-hydrogen) atoms. The van der Waals surface area contributed by atoms with Gasteiger partial charge >= 0.3 is 0 Å². The van der Waals surface area contributed by atoms with Crippen molar-refractivity contribution in [3.05, 3.63) is 0 Å². The van der Waals surface area contributed by atoms with Crippen molar-refractivity contribution < 1.29 is 24.8 Å². The highest BCUT2D eigenvalue weighted by Crippen LogP contribution is 2.42. The lowest BCUT2D eigenvalue weighted by Gasteiger charge is -2.50. The summed E-state index contributed by atoms with van der Waals surface area (Å²) in [6.45, 7) is 5.94. The van der Waals surface area contributed by atoms with Gasteiger partial charge in [-0.15, -0.1) is 0 Å². The molecule has 0 aromatic rings. The maximum atomic E-state index is 9.68. The lowest BCUT2D eigenvalue weighted by Crippen LogP contribution is -2.59. The first-order valence-corrected chi connectivity index (χ1v) is 6.97. The molecule has 5 heteroatoms. The van der Waals surface area contributed by atoms with Crippen LogP contribution in [0.2, 0.25) is 0 Å². The zero-order valence-electron chi connectivity index (χ0n) is 12.4. The van der Waals surface area contributed by atoms with E-state index in [-0.39, 0.29) is 43.2 Å². The molecule has 0 saturated carbocycles. The zero-order chi connectivity index (χ0) is 14.6. The number of rotatable bonds is 6. The Morgan fingerprint density at radius 3 is 2.00 bits per heavy atom. The monoisotopic (exact) mass is 276 g/mol. The molecule has 5 atom stereocenters. The van der Waals surface area contributed by atoms with Gasteiger partial charge < -0.3 is 24.8 Å². The number of ether oxygens (including phenoxy) is 2. The molecule has 0 spiro atoms. The lowest BCUT2D eigenvalue weighted by atomic mass is 9.69. The predicted molar refractivity (Wildman–Crippen MR) is 71.8 cm³/mol. The summed E-state index contributed by atoms with van der Waals surface area (Å²) in [6.07, 6.45) is -0.165. The molecule has 0 aromatic carbocycles. The second-order valence-electron chi connectivity index (χ2n) is 6.01. The van der Waals surface area contributed by atoms with Gasteiger partial charge in [-0.05, 0) is 11.8 Å². The van der Waals surface area contributed by atoms with Gasteiger partial charge in [0.05, 0.1) is 18.8 Å². The van der Waals surface area contributed by atoms with Crippen molar-refractivity contribution in [2.45, 2.75) is 45.5 Å². The smallest absolute Gasteiger partial charge is 0.107 e. The summed E-state index contributed by atoms with van der Waals surface area (Å²) in [7, 11) is 1.54. The van der Waals surface area contributed by atoms with Crippen molar-refractivity contribution >= 4 is 0 Å². The van der Waals surface area contributed by atoms with Crippen LogP contribution >= 0.6 is 0 Å². The minimum Gasteiger partial charge on any atom is -0.396 e. The lowest BCUT2D eigenvalue weighted by molar-refractivity contribution is -0.234. The Labute approximate surface area is 115 Å². The summed E-state index contributed by atoms with van der Waals surface area (Å²) in [6, 6.07) is 0. The fraction of sp³-hybridized carbons (Fsp3) is 1.00. The number of aliphatic hydroxyl groups excluding tert-OH is 3. The van der Waals surface area contributed by atoms with E-state index in [0.29, 0.717) is 0 Å². The first-order chi connectivity index (χ1) is 8.96. The van der Waals surface area contributed by atoms with Crippen LogP contribution < -0.4 is 0 Å². The summed E-state index contributed by atoms with van der Waals surface area (Å²) >= 11 is 0. The second-order valence-corrected chi connectivity index (χ2v) is 6.01. The van der Waals surface area contributed by atoms with Gasteiger partial charge in [0.15, 0.2) is 0 Å². The molecule has 3 N–H and O–H groups in total. The summed E-state index contributed by atoms with van der Waals surface area (Å²) in [4.78, 5) is 0.